The lowest BCUT2D eigenvalue weighted by Gasteiger charge is -2.19. The van der Waals surface area contributed by atoms with Gasteiger partial charge in [-0.05, 0) is 46.9 Å². The number of carbonyl (C=O) groups is 3. The summed E-state index contributed by atoms with van der Waals surface area (Å²) in [4.78, 5) is 36.6. The lowest BCUT2D eigenvalue weighted by molar-refractivity contribution is -0.139. The van der Waals surface area contributed by atoms with E-state index in [0.29, 0.717) is 16.3 Å². The minimum absolute atomic E-state index is 0.0503. The molecular weight excluding hydrogens is 456 g/mol. The van der Waals surface area contributed by atoms with Gasteiger partial charge in [-0.1, -0.05) is 66.2 Å². The van der Waals surface area contributed by atoms with Crippen LogP contribution in [0.25, 0.3) is 11.1 Å². The molecule has 0 aliphatic heterocycles. The van der Waals surface area contributed by atoms with Crippen molar-refractivity contribution in [2.75, 3.05) is 11.9 Å². The number of nitrogens with one attached hydrogen (secondary N) is 2. The molecule has 34 heavy (non-hydrogen) atoms. The van der Waals surface area contributed by atoms with Gasteiger partial charge < -0.3 is 20.5 Å². The first-order valence-corrected chi connectivity index (χ1v) is 11.1. The summed E-state index contributed by atoms with van der Waals surface area (Å²) in [6, 6.07) is 19.5. The Hall–Kier alpha value is -3.84. The zero-order valence-electron chi connectivity index (χ0n) is 18.4. The number of aliphatic carboxylic acids is 1. The maximum Gasteiger partial charge on any atom is 0.407 e. The molecule has 7 nitrogen and oxygen atoms in total. The van der Waals surface area contributed by atoms with E-state index in [1.165, 1.54) is 0 Å². The van der Waals surface area contributed by atoms with Gasteiger partial charge in [-0.3, -0.25) is 9.59 Å². The molecule has 1 aliphatic rings. The molecule has 0 radical (unpaired) electrons. The van der Waals surface area contributed by atoms with Crippen LogP contribution in [-0.4, -0.2) is 35.7 Å². The van der Waals surface area contributed by atoms with Crippen molar-refractivity contribution in [3.63, 3.8) is 0 Å². The molecule has 1 unspecified atom stereocenters. The number of carbonyl (C=O) groups excluding carboxylic acids is 2. The van der Waals surface area contributed by atoms with Crippen molar-refractivity contribution in [2.45, 2.75) is 25.3 Å². The number of fused-ring (bicyclic) bond motifs is 3. The van der Waals surface area contributed by atoms with E-state index in [0.717, 1.165) is 22.3 Å². The van der Waals surface area contributed by atoms with E-state index in [4.69, 9.17) is 16.3 Å². The Kier molecular flexibility index (Phi) is 6.84. The molecule has 0 saturated heterocycles. The van der Waals surface area contributed by atoms with E-state index in [-0.39, 0.29) is 12.5 Å². The third-order valence-corrected chi connectivity index (χ3v) is 6.27. The van der Waals surface area contributed by atoms with Gasteiger partial charge in [-0.25, -0.2) is 4.79 Å². The van der Waals surface area contributed by atoms with Crippen LogP contribution in [0.4, 0.5) is 10.5 Å². The SMILES string of the molecule is Cc1c(Cl)cccc1NC(=O)C(CC(=O)O)NC(=O)OCC1c2ccccc2-c2ccccc21. The highest BCUT2D eigenvalue weighted by atomic mass is 35.5. The molecule has 8 heteroatoms. The fraction of sp³-hybridized carbons (Fsp3) is 0.192. The van der Waals surface area contributed by atoms with Crippen molar-refractivity contribution in [1.29, 1.82) is 0 Å². The third-order valence-electron chi connectivity index (χ3n) is 5.86. The summed E-state index contributed by atoms with van der Waals surface area (Å²) >= 11 is 6.09. The predicted molar refractivity (Wildman–Crippen MR) is 129 cm³/mol. The first kappa shape index (κ1) is 23.3. The molecule has 1 aliphatic carbocycles. The second-order valence-electron chi connectivity index (χ2n) is 8.02. The number of halogens is 1. The number of ether oxygens (including phenoxy) is 1. The Morgan fingerprint density at radius 2 is 1.59 bits per heavy atom. The predicted octanol–water partition coefficient (Wildman–Crippen LogP) is 4.97. The fourth-order valence-electron chi connectivity index (χ4n) is 4.13. The quantitative estimate of drug-likeness (QED) is 0.444. The standard InChI is InChI=1S/C26H23ClN2O5/c1-15-21(27)11-6-12-22(15)28-25(32)23(13-24(30)31)29-26(33)34-14-20-18-9-4-2-7-16(18)17-8-3-5-10-19(17)20/h2-12,20,23H,13-14H2,1H3,(H,28,32)(H,29,33)(H,30,31). The molecule has 2 amide bonds. The Labute approximate surface area is 201 Å². The van der Waals surface area contributed by atoms with Crippen LogP contribution in [0, 0.1) is 6.92 Å². The maximum atomic E-state index is 12.7. The van der Waals surface area contributed by atoms with Gasteiger partial charge in [0.05, 0.1) is 6.42 Å². The summed E-state index contributed by atoms with van der Waals surface area (Å²) in [7, 11) is 0. The van der Waals surface area contributed by atoms with E-state index >= 15 is 0 Å². The number of benzene rings is 3. The molecule has 3 aromatic carbocycles. The highest BCUT2D eigenvalue weighted by molar-refractivity contribution is 6.31. The molecule has 4 rings (SSSR count). The van der Waals surface area contributed by atoms with Crippen LogP contribution in [0.3, 0.4) is 0 Å². The molecular formula is C26H23ClN2O5. The fourth-order valence-corrected chi connectivity index (χ4v) is 4.30. The first-order valence-electron chi connectivity index (χ1n) is 10.7. The molecule has 3 aromatic rings. The highest BCUT2D eigenvalue weighted by Crippen LogP contribution is 2.44. The second kappa shape index (κ2) is 9.97. The van der Waals surface area contributed by atoms with Crippen molar-refractivity contribution in [3.05, 3.63) is 88.4 Å². The van der Waals surface area contributed by atoms with E-state index in [1.54, 1.807) is 25.1 Å². The lowest BCUT2D eigenvalue weighted by atomic mass is 9.98. The van der Waals surface area contributed by atoms with E-state index in [9.17, 15) is 19.5 Å². The van der Waals surface area contributed by atoms with Crippen LogP contribution in [0.15, 0.2) is 66.7 Å². The van der Waals surface area contributed by atoms with Crippen LogP contribution in [0.5, 0.6) is 0 Å². The monoisotopic (exact) mass is 478 g/mol. The Bertz CT molecular complexity index is 1210. The summed E-state index contributed by atoms with van der Waals surface area (Å²) in [5, 5.41) is 14.7. The topological polar surface area (TPSA) is 105 Å². The zero-order chi connectivity index (χ0) is 24.2. The Morgan fingerprint density at radius 1 is 0.971 bits per heavy atom. The largest absolute Gasteiger partial charge is 0.481 e. The van der Waals surface area contributed by atoms with Crippen LogP contribution in [0.2, 0.25) is 5.02 Å². The molecule has 3 N–H and O–H groups in total. The van der Waals surface area contributed by atoms with E-state index < -0.39 is 30.4 Å². The van der Waals surface area contributed by atoms with Crippen LogP contribution in [-0.2, 0) is 14.3 Å². The van der Waals surface area contributed by atoms with E-state index in [2.05, 4.69) is 10.6 Å². The summed E-state index contributed by atoms with van der Waals surface area (Å²) in [5.41, 5.74) is 5.34. The number of alkyl carbamates (subject to hydrolysis) is 1. The van der Waals surface area contributed by atoms with Gasteiger partial charge in [0.25, 0.3) is 0 Å². The normalized spacial score (nSPS) is 12.9. The van der Waals surface area contributed by atoms with Crippen molar-refractivity contribution in [3.8, 4) is 11.1 Å². The molecule has 0 saturated carbocycles. The highest BCUT2D eigenvalue weighted by Gasteiger charge is 2.30. The minimum atomic E-state index is -1.33. The number of carboxylic acids is 1. The minimum Gasteiger partial charge on any atom is -0.481 e. The number of anilines is 1. The Morgan fingerprint density at radius 3 is 2.21 bits per heavy atom. The summed E-state index contributed by atoms with van der Waals surface area (Å²) in [5.74, 6) is -2.07. The van der Waals surface area contributed by atoms with Gasteiger partial charge in [0.15, 0.2) is 0 Å². The molecule has 0 fully saturated rings. The number of carboxylic acid groups (broad SMARTS) is 1. The zero-order valence-corrected chi connectivity index (χ0v) is 19.1. The number of hydrogen-bond acceptors (Lipinski definition) is 4. The number of hydrogen-bond donors (Lipinski definition) is 3. The van der Waals surface area contributed by atoms with Gasteiger partial charge in [0.1, 0.15) is 12.6 Å². The molecule has 174 valence electrons. The second-order valence-corrected chi connectivity index (χ2v) is 8.43. The van der Waals surface area contributed by atoms with Crippen LogP contribution < -0.4 is 10.6 Å². The average Bonchev–Trinajstić information content (AvgIpc) is 3.14. The van der Waals surface area contributed by atoms with Gasteiger partial charge >= 0.3 is 12.1 Å². The van der Waals surface area contributed by atoms with Crippen LogP contribution in [0.1, 0.15) is 29.0 Å². The Balaban J connectivity index is 1.44. The van der Waals surface area contributed by atoms with E-state index in [1.807, 2.05) is 48.5 Å². The van der Waals surface area contributed by atoms with Crippen LogP contribution >= 0.6 is 11.6 Å². The molecule has 1 atom stereocenters. The van der Waals surface area contributed by atoms with Crippen molar-refractivity contribution in [1.82, 2.24) is 5.32 Å². The third kappa shape index (κ3) is 4.89. The van der Waals surface area contributed by atoms with Gasteiger partial charge in [-0.15, -0.1) is 0 Å². The molecule has 0 bridgehead atoms. The first-order chi connectivity index (χ1) is 16.3. The maximum absolute atomic E-state index is 12.7. The molecule has 0 aromatic heterocycles. The van der Waals surface area contributed by atoms with Crippen molar-refractivity contribution < 1.29 is 24.2 Å². The number of rotatable bonds is 7. The summed E-state index contributed by atoms with van der Waals surface area (Å²) < 4.78 is 5.45. The van der Waals surface area contributed by atoms with Gasteiger partial charge in [0.2, 0.25) is 5.91 Å². The molecule has 0 heterocycles. The van der Waals surface area contributed by atoms with Gasteiger partial charge in [0, 0.05) is 16.6 Å². The summed E-state index contributed by atoms with van der Waals surface area (Å²) in [6.07, 6.45) is -1.47. The lowest BCUT2D eigenvalue weighted by Crippen LogP contribution is -2.45. The molecule has 0 spiro atoms. The smallest absolute Gasteiger partial charge is 0.407 e. The number of amides is 2. The summed E-state index contributed by atoms with van der Waals surface area (Å²) in [6.45, 7) is 1.78. The van der Waals surface area contributed by atoms with Crippen molar-refractivity contribution >= 4 is 35.3 Å². The van der Waals surface area contributed by atoms with Crippen molar-refractivity contribution in [2.24, 2.45) is 0 Å². The average molecular weight is 479 g/mol. The van der Waals surface area contributed by atoms with Gasteiger partial charge in [-0.2, -0.15) is 0 Å².